The van der Waals surface area contributed by atoms with Gasteiger partial charge in [-0.1, -0.05) is 51.1 Å². The van der Waals surface area contributed by atoms with Crippen LogP contribution in [0.2, 0.25) is 0 Å². The molecule has 4 aliphatic carbocycles. The first-order valence-corrected chi connectivity index (χ1v) is 13.7. The minimum absolute atomic E-state index is 0.0247. The maximum Gasteiger partial charge on any atom is 0.414 e. The van der Waals surface area contributed by atoms with E-state index in [1.165, 1.54) is 0 Å². The van der Waals surface area contributed by atoms with Gasteiger partial charge in [-0.25, -0.2) is 4.79 Å². The second kappa shape index (κ2) is 8.15. The van der Waals surface area contributed by atoms with Gasteiger partial charge in [-0.3, -0.25) is 4.90 Å². The highest BCUT2D eigenvalue weighted by atomic mass is 16.6. The molecule has 200 valence electrons. The fraction of sp³-hybridized carbons (Fsp3) is 0.633. The maximum atomic E-state index is 13.6. The summed E-state index contributed by atoms with van der Waals surface area (Å²) < 4.78 is 6.10. The van der Waals surface area contributed by atoms with E-state index in [0.717, 1.165) is 30.5 Å². The Hall–Kier alpha value is -2.19. The Balaban J connectivity index is 1.42. The average Bonchev–Trinajstić information content (AvgIpc) is 3.37. The normalized spacial score (nSPS) is 43.4. The van der Waals surface area contributed by atoms with Gasteiger partial charge in [-0.05, 0) is 72.1 Å². The van der Waals surface area contributed by atoms with Crippen molar-refractivity contribution in [3.05, 3.63) is 53.1 Å². The van der Waals surface area contributed by atoms with Crippen LogP contribution in [-0.4, -0.2) is 63.6 Å². The van der Waals surface area contributed by atoms with Crippen molar-refractivity contribution in [3.63, 3.8) is 0 Å². The summed E-state index contributed by atoms with van der Waals surface area (Å²) >= 11 is 0. The first-order chi connectivity index (χ1) is 17.5. The van der Waals surface area contributed by atoms with Gasteiger partial charge in [0.15, 0.2) is 6.10 Å². The monoisotopic (exact) mass is 509 g/mol. The third-order valence-electron chi connectivity index (χ3n) is 10.7. The molecule has 1 heterocycles. The highest BCUT2D eigenvalue weighted by Gasteiger charge is 2.76. The molecule has 4 N–H and O–H groups in total. The van der Waals surface area contributed by atoms with Crippen LogP contribution in [0.4, 0.5) is 10.5 Å². The smallest absolute Gasteiger partial charge is 0.414 e. The second-order valence-corrected chi connectivity index (χ2v) is 12.7. The minimum Gasteiger partial charge on any atom is -0.438 e. The lowest BCUT2D eigenvalue weighted by molar-refractivity contribution is -0.215. The summed E-state index contributed by atoms with van der Waals surface area (Å²) in [4.78, 5) is 15.2. The van der Waals surface area contributed by atoms with Gasteiger partial charge < -0.3 is 25.2 Å². The number of hydrogen-bond donors (Lipinski definition) is 4. The Bertz CT molecular complexity index is 1190. The van der Waals surface area contributed by atoms with Crippen LogP contribution in [0.1, 0.15) is 46.1 Å². The molecule has 2 bridgehead atoms. The molecule has 0 radical (unpaired) electrons. The number of fused-ring (bicyclic) bond motifs is 4. The molecule has 1 spiro atoms. The molecule has 2 saturated carbocycles. The Labute approximate surface area is 218 Å². The standard InChI is InChI=1S/C30H39NO6/c1-16-14-29-17(2)12-21-23(28(21,3)4)20(25(29)34)13-19(15-32)24(33)30(29,36)26(16)37-27(35)31-11-7-9-18-8-5-6-10-22(18)31/h5-6,8,10,13-14,17,20-21,23-26,32-34,36H,7,9,11-12,15H2,1-4H3/t17-,20+,21-,23+,24-,25?,26+,29+,30+/m1/s1. The van der Waals surface area contributed by atoms with Crippen molar-refractivity contribution < 1.29 is 30.0 Å². The van der Waals surface area contributed by atoms with Gasteiger partial charge in [0, 0.05) is 12.5 Å². The summed E-state index contributed by atoms with van der Waals surface area (Å²) in [5, 5.41) is 46.7. The summed E-state index contributed by atoms with van der Waals surface area (Å²) in [5.74, 6) is 0.0171. The number of nitrogens with zero attached hydrogens (tertiary/aromatic N) is 1. The number of aryl methyl sites for hydroxylation is 1. The summed E-state index contributed by atoms with van der Waals surface area (Å²) in [6, 6.07) is 7.73. The van der Waals surface area contributed by atoms with Crippen molar-refractivity contribution in [3.8, 4) is 0 Å². The molecule has 37 heavy (non-hydrogen) atoms. The van der Waals surface area contributed by atoms with E-state index in [9.17, 15) is 25.2 Å². The summed E-state index contributed by atoms with van der Waals surface area (Å²) in [5.41, 5.74) is -0.486. The number of benzene rings is 1. The number of aliphatic hydroxyl groups is 4. The Morgan fingerprint density at radius 2 is 1.95 bits per heavy atom. The molecule has 1 aliphatic heterocycles. The van der Waals surface area contributed by atoms with Gasteiger partial charge in [0.05, 0.1) is 23.8 Å². The van der Waals surface area contributed by atoms with Crippen LogP contribution >= 0.6 is 0 Å². The summed E-state index contributed by atoms with van der Waals surface area (Å²) in [6.07, 6.45) is 1.86. The third-order valence-corrected chi connectivity index (χ3v) is 10.7. The highest BCUT2D eigenvalue weighted by Crippen LogP contribution is 2.72. The molecule has 0 saturated heterocycles. The van der Waals surface area contributed by atoms with Gasteiger partial charge in [-0.15, -0.1) is 0 Å². The molecule has 7 nitrogen and oxygen atoms in total. The van der Waals surface area contributed by atoms with Crippen molar-refractivity contribution in [1.82, 2.24) is 0 Å². The number of para-hydroxylation sites is 1. The third kappa shape index (κ3) is 3.11. The lowest BCUT2D eigenvalue weighted by Crippen LogP contribution is -2.67. The van der Waals surface area contributed by atoms with E-state index >= 15 is 0 Å². The van der Waals surface area contributed by atoms with Crippen LogP contribution in [-0.2, 0) is 11.2 Å². The number of ether oxygens (including phenoxy) is 1. The zero-order chi connectivity index (χ0) is 26.5. The van der Waals surface area contributed by atoms with E-state index in [4.69, 9.17) is 4.74 Å². The van der Waals surface area contributed by atoms with Crippen LogP contribution in [0.3, 0.4) is 0 Å². The minimum atomic E-state index is -2.02. The van der Waals surface area contributed by atoms with Crippen molar-refractivity contribution in [2.75, 3.05) is 18.1 Å². The fourth-order valence-electron chi connectivity index (χ4n) is 8.79. The quantitative estimate of drug-likeness (QED) is 0.456. The lowest BCUT2D eigenvalue weighted by atomic mass is 9.58. The van der Waals surface area contributed by atoms with E-state index in [1.54, 1.807) is 17.9 Å². The molecule has 2 fully saturated rings. The molecule has 1 amide bonds. The van der Waals surface area contributed by atoms with E-state index in [-0.39, 0.29) is 28.7 Å². The molecule has 1 aromatic rings. The van der Waals surface area contributed by atoms with Gasteiger partial charge in [-0.2, -0.15) is 0 Å². The molecule has 7 heteroatoms. The number of carbonyl (C=O) groups excluding carboxylic acids is 1. The Morgan fingerprint density at radius 1 is 1.22 bits per heavy atom. The van der Waals surface area contributed by atoms with E-state index < -0.39 is 42.0 Å². The van der Waals surface area contributed by atoms with Gasteiger partial charge in [0.1, 0.15) is 11.7 Å². The predicted octanol–water partition coefficient (Wildman–Crippen LogP) is 3.20. The zero-order valence-corrected chi connectivity index (χ0v) is 22.1. The van der Waals surface area contributed by atoms with Gasteiger partial charge in [0.2, 0.25) is 0 Å². The maximum absolute atomic E-state index is 13.6. The molecular weight excluding hydrogens is 470 g/mol. The topological polar surface area (TPSA) is 110 Å². The first-order valence-electron chi connectivity index (χ1n) is 13.7. The Kier molecular flexibility index (Phi) is 5.53. The lowest BCUT2D eigenvalue weighted by Gasteiger charge is -2.52. The number of amides is 1. The Morgan fingerprint density at radius 3 is 2.68 bits per heavy atom. The fourth-order valence-corrected chi connectivity index (χ4v) is 8.79. The molecule has 0 aromatic heterocycles. The molecular formula is C30H39NO6. The van der Waals surface area contributed by atoms with Gasteiger partial charge >= 0.3 is 6.09 Å². The van der Waals surface area contributed by atoms with Crippen LogP contribution in [0.15, 0.2) is 47.6 Å². The average molecular weight is 510 g/mol. The second-order valence-electron chi connectivity index (χ2n) is 12.7. The van der Waals surface area contributed by atoms with Crippen molar-refractivity contribution in [1.29, 1.82) is 0 Å². The van der Waals surface area contributed by atoms with Crippen LogP contribution in [0, 0.1) is 34.5 Å². The molecule has 1 aromatic carbocycles. The van der Waals surface area contributed by atoms with E-state index in [1.807, 2.05) is 37.3 Å². The van der Waals surface area contributed by atoms with Crippen molar-refractivity contribution >= 4 is 11.8 Å². The summed E-state index contributed by atoms with van der Waals surface area (Å²) in [7, 11) is 0. The van der Waals surface area contributed by atoms with Crippen LogP contribution < -0.4 is 4.90 Å². The number of rotatable bonds is 2. The van der Waals surface area contributed by atoms with E-state index in [0.29, 0.717) is 18.0 Å². The number of hydrogen-bond acceptors (Lipinski definition) is 6. The van der Waals surface area contributed by atoms with Crippen molar-refractivity contribution in [2.24, 2.45) is 34.5 Å². The SMILES string of the molecule is CC1=C[C@]23C(O)[C@@H](C=C(CO)[C@@H](O)[C@]2(O)[C@H]1OC(=O)N1CCCc2ccccc21)[C@H]1[C@@H](C[C@H]3C)C1(C)C. The molecule has 5 aliphatic rings. The van der Waals surface area contributed by atoms with Gasteiger partial charge in [0.25, 0.3) is 0 Å². The zero-order valence-electron chi connectivity index (χ0n) is 22.1. The summed E-state index contributed by atoms with van der Waals surface area (Å²) in [6.45, 7) is 8.27. The van der Waals surface area contributed by atoms with Crippen LogP contribution in [0.25, 0.3) is 0 Å². The van der Waals surface area contributed by atoms with Crippen LogP contribution in [0.5, 0.6) is 0 Å². The molecule has 9 atom stereocenters. The number of carbonyl (C=O) groups is 1. The van der Waals surface area contributed by atoms with E-state index in [2.05, 4.69) is 13.8 Å². The highest BCUT2D eigenvalue weighted by molar-refractivity contribution is 5.89. The number of anilines is 1. The predicted molar refractivity (Wildman–Crippen MR) is 139 cm³/mol. The molecule has 6 rings (SSSR count). The largest absolute Gasteiger partial charge is 0.438 e. The first kappa shape index (κ1) is 25.1. The number of aliphatic hydroxyl groups excluding tert-OH is 3. The van der Waals surface area contributed by atoms with Crippen molar-refractivity contribution in [2.45, 2.75) is 70.9 Å². The molecule has 1 unspecified atom stereocenters.